The van der Waals surface area contributed by atoms with Crippen LogP contribution in [0.15, 0.2) is 72.8 Å². The quantitative estimate of drug-likeness (QED) is 0.650. The third kappa shape index (κ3) is 4.57. The lowest BCUT2D eigenvalue weighted by Crippen LogP contribution is -2.26. The molecule has 1 atom stereocenters. The predicted octanol–water partition coefficient (Wildman–Crippen LogP) is 5.27. The number of amides is 1. The summed E-state index contributed by atoms with van der Waals surface area (Å²) in [6.45, 7) is 1.13. The van der Waals surface area contributed by atoms with Gasteiger partial charge in [-0.15, -0.1) is 0 Å². The van der Waals surface area contributed by atoms with Gasteiger partial charge in [0, 0.05) is 17.8 Å². The van der Waals surface area contributed by atoms with Crippen molar-refractivity contribution in [2.24, 2.45) is 5.92 Å². The van der Waals surface area contributed by atoms with Gasteiger partial charge >= 0.3 is 0 Å². The first-order chi connectivity index (χ1) is 14.1. The topological polar surface area (TPSA) is 32.3 Å². The van der Waals surface area contributed by atoms with Gasteiger partial charge in [-0.1, -0.05) is 54.6 Å². The molecule has 0 bridgehead atoms. The van der Waals surface area contributed by atoms with Gasteiger partial charge in [0.05, 0.1) is 0 Å². The lowest BCUT2D eigenvalue weighted by Gasteiger charge is -2.27. The fourth-order valence-corrected chi connectivity index (χ4v) is 4.33. The van der Waals surface area contributed by atoms with Crippen LogP contribution in [-0.2, 0) is 12.8 Å². The van der Waals surface area contributed by atoms with Gasteiger partial charge in [0.25, 0.3) is 5.91 Å². The van der Waals surface area contributed by atoms with Gasteiger partial charge in [-0.2, -0.15) is 0 Å². The fraction of sp³-hybridized carbons (Fsp3) is 0.269. The lowest BCUT2D eigenvalue weighted by molar-refractivity contribution is 0.102. The SMILES string of the molecule is CN(C)CC1CCc2cc(NC(=O)c3ccccc3-c3ccccc3)ccc2C1. The molecule has 0 heterocycles. The van der Waals surface area contributed by atoms with Crippen LogP contribution in [0.4, 0.5) is 5.69 Å². The number of nitrogens with zero attached hydrogens (tertiary/aromatic N) is 1. The molecule has 1 aliphatic rings. The largest absolute Gasteiger partial charge is 0.322 e. The van der Waals surface area contributed by atoms with Crippen molar-refractivity contribution in [3.63, 3.8) is 0 Å². The number of aryl methyl sites for hydroxylation is 1. The zero-order chi connectivity index (χ0) is 20.2. The monoisotopic (exact) mass is 384 g/mol. The van der Waals surface area contributed by atoms with Crippen LogP contribution in [0, 0.1) is 5.92 Å². The number of hydrogen-bond donors (Lipinski definition) is 1. The lowest BCUT2D eigenvalue weighted by atomic mass is 9.83. The Hall–Kier alpha value is -2.91. The van der Waals surface area contributed by atoms with Gasteiger partial charge in [0.2, 0.25) is 0 Å². The molecule has 1 amide bonds. The Kier molecular flexibility index (Phi) is 5.77. The van der Waals surface area contributed by atoms with Crippen molar-refractivity contribution in [1.29, 1.82) is 0 Å². The molecule has 3 nitrogen and oxygen atoms in total. The Balaban J connectivity index is 1.52. The number of nitrogens with one attached hydrogen (secondary N) is 1. The third-order valence-electron chi connectivity index (χ3n) is 5.67. The van der Waals surface area contributed by atoms with Crippen molar-refractivity contribution in [1.82, 2.24) is 4.90 Å². The molecule has 1 unspecified atom stereocenters. The minimum atomic E-state index is -0.0642. The second kappa shape index (κ2) is 8.62. The minimum Gasteiger partial charge on any atom is -0.322 e. The molecule has 3 aromatic rings. The maximum Gasteiger partial charge on any atom is 0.256 e. The molecule has 148 valence electrons. The number of rotatable bonds is 5. The van der Waals surface area contributed by atoms with Crippen LogP contribution in [0.25, 0.3) is 11.1 Å². The van der Waals surface area contributed by atoms with Crippen LogP contribution >= 0.6 is 0 Å². The predicted molar refractivity (Wildman–Crippen MR) is 120 cm³/mol. The standard InChI is InChI=1S/C26H28N2O/c1-28(2)18-19-12-13-22-17-23(15-14-21(22)16-19)27-26(29)25-11-7-6-10-24(25)20-8-4-3-5-9-20/h3-11,14-15,17,19H,12-13,16,18H2,1-2H3,(H,27,29). The number of benzene rings is 3. The van der Waals surface area contributed by atoms with E-state index in [2.05, 4.69) is 36.4 Å². The Labute approximate surface area is 173 Å². The molecule has 3 heteroatoms. The van der Waals surface area contributed by atoms with E-state index in [1.165, 1.54) is 17.5 Å². The van der Waals surface area contributed by atoms with Crippen molar-refractivity contribution in [3.8, 4) is 11.1 Å². The zero-order valence-corrected chi connectivity index (χ0v) is 17.2. The highest BCUT2D eigenvalue weighted by Crippen LogP contribution is 2.29. The first-order valence-corrected chi connectivity index (χ1v) is 10.3. The zero-order valence-electron chi connectivity index (χ0n) is 17.2. The molecule has 0 aromatic heterocycles. The van der Waals surface area contributed by atoms with E-state index in [0.29, 0.717) is 5.56 Å². The molecule has 0 spiro atoms. The van der Waals surface area contributed by atoms with Crippen LogP contribution in [0.3, 0.4) is 0 Å². The van der Waals surface area contributed by atoms with Crippen LogP contribution < -0.4 is 5.32 Å². The van der Waals surface area contributed by atoms with Crippen LogP contribution in [0.2, 0.25) is 0 Å². The van der Waals surface area contributed by atoms with Gasteiger partial charge in [0.15, 0.2) is 0 Å². The summed E-state index contributed by atoms with van der Waals surface area (Å²) in [6, 6.07) is 24.2. The van der Waals surface area contributed by atoms with Crippen molar-refractivity contribution in [3.05, 3.63) is 89.5 Å². The second-order valence-electron chi connectivity index (χ2n) is 8.22. The van der Waals surface area contributed by atoms with Crippen molar-refractivity contribution < 1.29 is 4.79 Å². The van der Waals surface area contributed by atoms with Crippen LogP contribution in [0.5, 0.6) is 0 Å². The highest BCUT2D eigenvalue weighted by molar-refractivity contribution is 6.08. The third-order valence-corrected chi connectivity index (χ3v) is 5.67. The number of carbonyl (C=O) groups is 1. The molecule has 1 N–H and O–H groups in total. The molecule has 3 aromatic carbocycles. The van der Waals surface area contributed by atoms with Crippen LogP contribution in [-0.4, -0.2) is 31.4 Å². The number of anilines is 1. The molecule has 0 saturated carbocycles. The summed E-state index contributed by atoms with van der Waals surface area (Å²) >= 11 is 0. The van der Waals surface area contributed by atoms with E-state index in [1.807, 2.05) is 60.7 Å². The Bertz CT molecular complexity index is 995. The summed E-state index contributed by atoms with van der Waals surface area (Å²) in [5, 5.41) is 3.11. The van der Waals surface area contributed by atoms with E-state index in [9.17, 15) is 4.79 Å². The van der Waals surface area contributed by atoms with Gasteiger partial charge in [-0.05, 0) is 79.7 Å². The smallest absolute Gasteiger partial charge is 0.256 e. The van der Waals surface area contributed by atoms with Crippen LogP contribution in [0.1, 0.15) is 27.9 Å². The fourth-order valence-electron chi connectivity index (χ4n) is 4.33. The van der Waals surface area contributed by atoms with Gasteiger partial charge in [0.1, 0.15) is 0 Å². The molecular formula is C26H28N2O. The van der Waals surface area contributed by atoms with E-state index in [0.717, 1.165) is 42.1 Å². The average Bonchev–Trinajstić information content (AvgIpc) is 2.74. The highest BCUT2D eigenvalue weighted by Gasteiger charge is 2.20. The average molecular weight is 385 g/mol. The van der Waals surface area contributed by atoms with Crippen molar-refractivity contribution >= 4 is 11.6 Å². The Morgan fingerprint density at radius 3 is 2.52 bits per heavy atom. The Morgan fingerprint density at radius 1 is 0.966 bits per heavy atom. The van der Waals surface area contributed by atoms with Gasteiger partial charge in [-0.25, -0.2) is 0 Å². The van der Waals surface area contributed by atoms with E-state index >= 15 is 0 Å². The summed E-state index contributed by atoms with van der Waals surface area (Å²) in [4.78, 5) is 15.3. The second-order valence-corrected chi connectivity index (χ2v) is 8.22. The van der Waals surface area contributed by atoms with E-state index in [1.54, 1.807) is 0 Å². The maximum atomic E-state index is 13.0. The Morgan fingerprint density at radius 2 is 1.72 bits per heavy atom. The van der Waals surface area contributed by atoms with E-state index in [4.69, 9.17) is 0 Å². The maximum absolute atomic E-state index is 13.0. The number of carbonyl (C=O) groups excluding carboxylic acids is 1. The molecule has 4 rings (SSSR count). The normalized spacial score (nSPS) is 15.8. The first-order valence-electron chi connectivity index (χ1n) is 10.3. The number of fused-ring (bicyclic) bond motifs is 1. The van der Waals surface area contributed by atoms with E-state index < -0.39 is 0 Å². The molecule has 0 fully saturated rings. The summed E-state index contributed by atoms with van der Waals surface area (Å²) in [5.74, 6) is 0.654. The molecular weight excluding hydrogens is 356 g/mol. The van der Waals surface area contributed by atoms with Crippen molar-refractivity contribution in [2.45, 2.75) is 19.3 Å². The number of hydrogen-bond acceptors (Lipinski definition) is 2. The summed E-state index contributed by atoms with van der Waals surface area (Å²) in [5.41, 5.74) is 6.37. The molecule has 0 saturated heterocycles. The molecule has 0 aliphatic heterocycles. The molecule has 0 radical (unpaired) electrons. The van der Waals surface area contributed by atoms with Gasteiger partial charge in [-0.3, -0.25) is 4.79 Å². The molecule has 29 heavy (non-hydrogen) atoms. The van der Waals surface area contributed by atoms with E-state index in [-0.39, 0.29) is 5.91 Å². The highest BCUT2D eigenvalue weighted by atomic mass is 16.1. The first kappa shape index (κ1) is 19.4. The minimum absolute atomic E-state index is 0.0642. The summed E-state index contributed by atoms with van der Waals surface area (Å²) in [7, 11) is 4.28. The van der Waals surface area contributed by atoms with Gasteiger partial charge < -0.3 is 10.2 Å². The molecule has 1 aliphatic carbocycles. The van der Waals surface area contributed by atoms with Crippen molar-refractivity contribution in [2.75, 3.05) is 26.0 Å². The summed E-state index contributed by atoms with van der Waals surface area (Å²) < 4.78 is 0. The summed E-state index contributed by atoms with van der Waals surface area (Å²) in [6.07, 6.45) is 3.41.